The van der Waals surface area contributed by atoms with E-state index >= 15 is 0 Å². The molecule has 0 heterocycles. The van der Waals surface area contributed by atoms with Crippen molar-refractivity contribution in [3.63, 3.8) is 0 Å². The lowest BCUT2D eigenvalue weighted by molar-refractivity contribution is 0.190. The molecule has 0 aliphatic carbocycles. The second-order valence-corrected chi connectivity index (χ2v) is 9.60. The molecule has 0 aliphatic heterocycles. The second-order valence-electron chi connectivity index (χ2n) is 9.60. The Kier molecular flexibility index (Phi) is 20.2. The standard InChI is InChI=1S/C27H57N/c1-5-9-13-17-19-23-26(22-18-14-10-6-2)27(28,24-20-15-11-7-3)25-21-16-12-8-4/h26H,5-25,28H2,1-4H3. The third-order valence-corrected chi connectivity index (χ3v) is 6.87. The van der Waals surface area contributed by atoms with Gasteiger partial charge in [-0.2, -0.15) is 0 Å². The molecular weight excluding hydrogens is 338 g/mol. The van der Waals surface area contributed by atoms with E-state index in [9.17, 15) is 0 Å². The zero-order chi connectivity index (χ0) is 20.9. The number of hydrogen-bond acceptors (Lipinski definition) is 1. The van der Waals surface area contributed by atoms with E-state index in [1.165, 1.54) is 135 Å². The molecule has 0 aliphatic rings. The van der Waals surface area contributed by atoms with E-state index in [-0.39, 0.29) is 5.54 Å². The highest BCUT2D eigenvalue weighted by molar-refractivity contribution is 4.91. The maximum atomic E-state index is 7.26. The fourth-order valence-electron chi connectivity index (χ4n) is 4.83. The van der Waals surface area contributed by atoms with Crippen LogP contribution in [0.5, 0.6) is 0 Å². The van der Waals surface area contributed by atoms with Crippen LogP contribution in [-0.2, 0) is 0 Å². The van der Waals surface area contributed by atoms with Gasteiger partial charge in [-0.25, -0.2) is 0 Å². The van der Waals surface area contributed by atoms with Crippen molar-refractivity contribution in [3.8, 4) is 0 Å². The highest BCUT2D eigenvalue weighted by atomic mass is 14.8. The molecule has 0 spiro atoms. The molecular formula is C27H57N. The second kappa shape index (κ2) is 20.2. The van der Waals surface area contributed by atoms with Crippen LogP contribution in [0.2, 0.25) is 0 Å². The summed E-state index contributed by atoms with van der Waals surface area (Å²) in [5, 5.41) is 0. The van der Waals surface area contributed by atoms with Gasteiger partial charge in [-0.05, 0) is 31.6 Å². The van der Waals surface area contributed by atoms with E-state index in [0.29, 0.717) is 0 Å². The maximum absolute atomic E-state index is 7.26. The molecule has 0 radical (unpaired) electrons. The van der Waals surface area contributed by atoms with Gasteiger partial charge in [-0.3, -0.25) is 0 Å². The summed E-state index contributed by atoms with van der Waals surface area (Å²) in [4.78, 5) is 0. The summed E-state index contributed by atoms with van der Waals surface area (Å²) >= 11 is 0. The van der Waals surface area contributed by atoms with Crippen molar-refractivity contribution < 1.29 is 0 Å². The molecule has 1 unspecified atom stereocenters. The zero-order valence-electron chi connectivity index (χ0n) is 20.5. The first-order chi connectivity index (χ1) is 13.6. The van der Waals surface area contributed by atoms with E-state index in [0.717, 1.165) is 5.92 Å². The average Bonchev–Trinajstić information content (AvgIpc) is 2.70. The van der Waals surface area contributed by atoms with Crippen LogP contribution in [0.1, 0.15) is 163 Å². The van der Waals surface area contributed by atoms with Crippen molar-refractivity contribution in [1.29, 1.82) is 0 Å². The summed E-state index contributed by atoms with van der Waals surface area (Å²) in [6.45, 7) is 9.26. The van der Waals surface area contributed by atoms with Crippen LogP contribution in [0.25, 0.3) is 0 Å². The normalized spacial score (nSPS) is 13.2. The Morgan fingerprint density at radius 1 is 0.464 bits per heavy atom. The van der Waals surface area contributed by atoms with Gasteiger partial charge in [0.1, 0.15) is 0 Å². The molecule has 0 saturated carbocycles. The summed E-state index contributed by atoms with van der Waals surface area (Å²) in [5.41, 5.74) is 7.37. The molecule has 170 valence electrons. The molecule has 0 saturated heterocycles. The third-order valence-electron chi connectivity index (χ3n) is 6.87. The lowest BCUT2D eigenvalue weighted by atomic mass is 9.72. The van der Waals surface area contributed by atoms with Gasteiger partial charge in [0.2, 0.25) is 0 Å². The molecule has 28 heavy (non-hydrogen) atoms. The minimum Gasteiger partial charge on any atom is -0.325 e. The predicted octanol–water partition coefficient (Wildman–Crippen LogP) is 9.57. The van der Waals surface area contributed by atoms with Crippen LogP contribution in [-0.4, -0.2) is 5.54 Å². The molecule has 0 rings (SSSR count). The Morgan fingerprint density at radius 3 is 1.18 bits per heavy atom. The molecule has 0 bridgehead atoms. The van der Waals surface area contributed by atoms with Crippen LogP contribution in [0.4, 0.5) is 0 Å². The van der Waals surface area contributed by atoms with E-state index in [1.54, 1.807) is 0 Å². The Balaban J connectivity index is 4.81. The Hall–Kier alpha value is -0.0400. The largest absolute Gasteiger partial charge is 0.325 e. The molecule has 0 fully saturated rings. The number of hydrogen-bond donors (Lipinski definition) is 1. The van der Waals surface area contributed by atoms with E-state index in [1.807, 2.05) is 0 Å². The van der Waals surface area contributed by atoms with Crippen molar-refractivity contribution >= 4 is 0 Å². The van der Waals surface area contributed by atoms with Gasteiger partial charge in [-0.15, -0.1) is 0 Å². The van der Waals surface area contributed by atoms with Crippen molar-refractivity contribution in [2.45, 2.75) is 168 Å². The first-order valence-electron chi connectivity index (χ1n) is 13.4. The highest BCUT2D eigenvalue weighted by Crippen LogP contribution is 2.35. The summed E-state index contributed by atoms with van der Waals surface area (Å²) in [6, 6.07) is 0. The zero-order valence-corrected chi connectivity index (χ0v) is 20.5. The Bertz CT molecular complexity index is 287. The monoisotopic (exact) mass is 395 g/mol. The lowest BCUT2D eigenvalue weighted by Crippen LogP contribution is -2.47. The number of nitrogens with two attached hydrogens (primary N) is 1. The minimum absolute atomic E-state index is 0.110. The molecule has 1 heteroatoms. The fraction of sp³-hybridized carbons (Fsp3) is 1.00. The van der Waals surface area contributed by atoms with Crippen molar-refractivity contribution in [2.75, 3.05) is 0 Å². The van der Waals surface area contributed by atoms with Gasteiger partial charge < -0.3 is 5.73 Å². The van der Waals surface area contributed by atoms with Gasteiger partial charge in [0.15, 0.2) is 0 Å². The van der Waals surface area contributed by atoms with Crippen LogP contribution in [0, 0.1) is 5.92 Å². The molecule has 0 amide bonds. The summed E-state index contributed by atoms with van der Waals surface area (Å²) in [6.07, 6.45) is 28.7. The molecule has 0 aromatic carbocycles. The van der Waals surface area contributed by atoms with Crippen LogP contribution in [0.15, 0.2) is 0 Å². The molecule has 0 aromatic heterocycles. The molecule has 0 aromatic rings. The first kappa shape index (κ1) is 28.0. The first-order valence-corrected chi connectivity index (χ1v) is 13.4. The van der Waals surface area contributed by atoms with Gasteiger partial charge in [-0.1, -0.05) is 137 Å². The third kappa shape index (κ3) is 14.9. The van der Waals surface area contributed by atoms with E-state index in [4.69, 9.17) is 5.73 Å². The van der Waals surface area contributed by atoms with Crippen LogP contribution >= 0.6 is 0 Å². The SMILES string of the molecule is CCCCCCCC(CCCCCC)C(N)(CCCCCC)CCCCCC. The van der Waals surface area contributed by atoms with E-state index < -0.39 is 0 Å². The van der Waals surface area contributed by atoms with Crippen LogP contribution < -0.4 is 5.73 Å². The maximum Gasteiger partial charge on any atom is 0.0182 e. The lowest BCUT2D eigenvalue weighted by Gasteiger charge is -2.39. The molecule has 1 nitrogen and oxygen atoms in total. The summed E-state index contributed by atoms with van der Waals surface area (Å²) < 4.78 is 0. The minimum atomic E-state index is 0.110. The summed E-state index contributed by atoms with van der Waals surface area (Å²) in [7, 11) is 0. The van der Waals surface area contributed by atoms with Crippen molar-refractivity contribution in [2.24, 2.45) is 11.7 Å². The van der Waals surface area contributed by atoms with Gasteiger partial charge in [0.05, 0.1) is 0 Å². The topological polar surface area (TPSA) is 26.0 Å². The quantitative estimate of drug-likeness (QED) is 0.181. The average molecular weight is 396 g/mol. The fourth-order valence-corrected chi connectivity index (χ4v) is 4.83. The van der Waals surface area contributed by atoms with E-state index in [2.05, 4.69) is 27.7 Å². The predicted molar refractivity (Wildman–Crippen MR) is 130 cm³/mol. The highest BCUT2D eigenvalue weighted by Gasteiger charge is 2.33. The Labute approximate surface area is 180 Å². The smallest absolute Gasteiger partial charge is 0.0182 e. The Morgan fingerprint density at radius 2 is 0.786 bits per heavy atom. The van der Waals surface area contributed by atoms with Gasteiger partial charge in [0.25, 0.3) is 0 Å². The molecule has 2 N–H and O–H groups in total. The number of rotatable bonds is 22. The van der Waals surface area contributed by atoms with Crippen molar-refractivity contribution in [3.05, 3.63) is 0 Å². The van der Waals surface area contributed by atoms with Gasteiger partial charge >= 0.3 is 0 Å². The summed E-state index contributed by atoms with van der Waals surface area (Å²) in [5.74, 6) is 0.759. The van der Waals surface area contributed by atoms with Crippen molar-refractivity contribution in [1.82, 2.24) is 0 Å². The van der Waals surface area contributed by atoms with Gasteiger partial charge in [0, 0.05) is 5.54 Å². The molecule has 1 atom stereocenters. The number of unbranched alkanes of at least 4 members (excludes halogenated alkanes) is 13. The van der Waals surface area contributed by atoms with Crippen LogP contribution in [0.3, 0.4) is 0 Å².